The largest absolute Gasteiger partial charge is 0.334 e. The van der Waals surface area contributed by atoms with Crippen molar-refractivity contribution in [2.24, 2.45) is 5.92 Å². The van der Waals surface area contributed by atoms with Crippen molar-refractivity contribution in [3.63, 3.8) is 0 Å². The van der Waals surface area contributed by atoms with Crippen LogP contribution in [-0.2, 0) is 9.59 Å². The van der Waals surface area contributed by atoms with E-state index < -0.39 is 0 Å². The van der Waals surface area contributed by atoms with Crippen LogP contribution in [0.1, 0.15) is 38.5 Å². The Morgan fingerprint density at radius 2 is 1.92 bits per heavy atom. The van der Waals surface area contributed by atoms with Crippen LogP contribution in [0.15, 0.2) is 30.3 Å². The molecule has 25 heavy (non-hydrogen) atoms. The van der Waals surface area contributed by atoms with Gasteiger partial charge < -0.3 is 15.1 Å². The van der Waals surface area contributed by atoms with E-state index in [1.165, 1.54) is 0 Å². The molecular formula is C20H29N3O2. The fraction of sp³-hybridized carbons (Fsp3) is 0.600. The number of anilines is 1. The first-order valence-electron chi connectivity index (χ1n) is 9.49. The standard InChI is InChI=1S/C20H29N3O2/c1-22(19(24)10-9-16-11-13-21-14-12-16)18-8-5-15-23(20(18)25)17-6-3-2-4-7-17/h2-4,6-7,16,18,21H,5,8-15H2,1H3. The molecule has 1 aromatic rings. The SMILES string of the molecule is CN(C(=O)CCC1CCNCC1)C1CCCN(c2ccccc2)C1=O. The van der Waals surface area contributed by atoms with Crippen molar-refractivity contribution < 1.29 is 9.59 Å². The van der Waals surface area contributed by atoms with E-state index in [0.717, 1.165) is 57.4 Å². The molecule has 3 rings (SSSR count). The number of nitrogens with one attached hydrogen (secondary N) is 1. The molecule has 1 aromatic carbocycles. The van der Waals surface area contributed by atoms with Crippen LogP contribution < -0.4 is 10.2 Å². The average Bonchev–Trinajstić information content (AvgIpc) is 2.67. The summed E-state index contributed by atoms with van der Waals surface area (Å²) in [5, 5.41) is 3.36. The predicted octanol–water partition coefficient (Wildman–Crippen LogP) is 2.42. The van der Waals surface area contributed by atoms with Crippen LogP contribution in [0.4, 0.5) is 5.69 Å². The lowest BCUT2D eigenvalue weighted by molar-refractivity contribution is -0.139. The van der Waals surface area contributed by atoms with E-state index in [4.69, 9.17) is 0 Å². The summed E-state index contributed by atoms with van der Waals surface area (Å²) in [6.07, 6.45) is 5.49. The molecule has 1 unspecified atom stereocenters. The number of benzene rings is 1. The van der Waals surface area contributed by atoms with Gasteiger partial charge in [-0.2, -0.15) is 0 Å². The van der Waals surface area contributed by atoms with Gasteiger partial charge >= 0.3 is 0 Å². The highest BCUT2D eigenvalue weighted by Gasteiger charge is 2.34. The highest BCUT2D eigenvalue weighted by Crippen LogP contribution is 2.24. The average molecular weight is 343 g/mol. The summed E-state index contributed by atoms with van der Waals surface area (Å²) in [6.45, 7) is 2.85. The topological polar surface area (TPSA) is 52.7 Å². The van der Waals surface area contributed by atoms with Crippen molar-refractivity contribution in [3.05, 3.63) is 30.3 Å². The van der Waals surface area contributed by atoms with Crippen molar-refractivity contribution in [2.75, 3.05) is 31.6 Å². The lowest BCUT2D eigenvalue weighted by Gasteiger charge is -2.37. The Morgan fingerprint density at radius 3 is 2.64 bits per heavy atom. The van der Waals surface area contributed by atoms with Gasteiger partial charge in [0.05, 0.1) is 0 Å². The van der Waals surface area contributed by atoms with Gasteiger partial charge in [-0.1, -0.05) is 18.2 Å². The smallest absolute Gasteiger partial charge is 0.249 e. The van der Waals surface area contributed by atoms with Gasteiger partial charge in [-0.05, 0) is 63.2 Å². The molecule has 5 heteroatoms. The van der Waals surface area contributed by atoms with Gasteiger partial charge in [0.25, 0.3) is 0 Å². The van der Waals surface area contributed by atoms with Crippen LogP contribution in [0.3, 0.4) is 0 Å². The van der Waals surface area contributed by atoms with E-state index in [0.29, 0.717) is 12.3 Å². The molecule has 0 saturated carbocycles. The van der Waals surface area contributed by atoms with Crippen molar-refractivity contribution >= 4 is 17.5 Å². The molecule has 0 aliphatic carbocycles. The molecule has 2 amide bonds. The molecule has 1 N–H and O–H groups in total. The van der Waals surface area contributed by atoms with Gasteiger partial charge in [-0.3, -0.25) is 9.59 Å². The maximum absolute atomic E-state index is 12.9. The number of para-hydroxylation sites is 1. The molecule has 2 heterocycles. The zero-order valence-electron chi connectivity index (χ0n) is 15.1. The molecular weight excluding hydrogens is 314 g/mol. The van der Waals surface area contributed by atoms with Gasteiger partial charge in [0.2, 0.25) is 11.8 Å². The third-order valence-electron chi connectivity index (χ3n) is 5.56. The van der Waals surface area contributed by atoms with E-state index >= 15 is 0 Å². The van der Waals surface area contributed by atoms with Crippen LogP contribution in [0.25, 0.3) is 0 Å². The lowest BCUT2D eigenvalue weighted by Crippen LogP contribution is -2.53. The summed E-state index contributed by atoms with van der Waals surface area (Å²) in [4.78, 5) is 29.0. The Labute approximate surface area is 150 Å². The van der Waals surface area contributed by atoms with E-state index in [2.05, 4.69) is 5.32 Å². The summed E-state index contributed by atoms with van der Waals surface area (Å²) in [7, 11) is 1.79. The third kappa shape index (κ3) is 4.40. The predicted molar refractivity (Wildman–Crippen MR) is 99.4 cm³/mol. The molecule has 2 fully saturated rings. The van der Waals surface area contributed by atoms with Gasteiger partial charge in [-0.25, -0.2) is 0 Å². The second-order valence-electron chi connectivity index (χ2n) is 7.22. The third-order valence-corrected chi connectivity index (χ3v) is 5.56. The fourth-order valence-electron chi connectivity index (χ4n) is 3.93. The summed E-state index contributed by atoms with van der Waals surface area (Å²) in [5.74, 6) is 0.795. The summed E-state index contributed by atoms with van der Waals surface area (Å²) in [5.41, 5.74) is 0.924. The Balaban J connectivity index is 1.57. The second kappa shape index (κ2) is 8.48. The monoisotopic (exact) mass is 343 g/mol. The Hall–Kier alpha value is -1.88. The van der Waals surface area contributed by atoms with Gasteiger partial charge in [0.1, 0.15) is 6.04 Å². The molecule has 0 radical (unpaired) electrons. The maximum atomic E-state index is 12.9. The molecule has 136 valence electrons. The van der Waals surface area contributed by atoms with Crippen molar-refractivity contribution in [1.82, 2.24) is 10.2 Å². The second-order valence-corrected chi connectivity index (χ2v) is 7.22. The van der Waals surface area contributed by atoms with Crippen molar-refractivity contribution in [2.45, 2.75) is 44.6 Å². The molecule has 0 bridgehead atoms. The Morgan fingerprint density at radius 1 is 1.20 bits per heavy atom. The number of carbonyl (C=O) groups excluding carboxylic acids is 2. The first kappa shape index (κ1) is 17.9. The normalized spacial score (nSPS) is 22.0. The minimum Gasteiger partial charge on any atom is -0.334 e. The highest BCUT2D eigenvalue weighted by molar-refractivity contribution is 5.99. The molecule has 2 aliphatic heterocycles. The quantitative estimate of drug-likeness (QED) is 0.893. The molecule has 2 aliphatic rings. The zero-order valence-corrected chi connectivity index (χ0v) is 15.1. The van der Waals surface area contributed by atoms with Crippen LogP contribution in [0, 0.1) is 5.92 Å². The zero-order chi connectivity index (χ0) is 17.6. The lowest BCUT2D eigenvalue weighted by atomic mass is 9.92. The van der Waals surface area contributed by atoms with E-state index in [-0.39, 0.29) is 17.9 Å². The van der Waals surface area contributed by atoms with Crippen LogP contribution in [0.2, 0.25) is 0 Å². The van der Waals surface area contributed by atoms with Crippen LogP contribution in [-0.4, -0.2) is 49.4 Å². The number of nitrogens with zero attached hydrogens (tertiary/aromatic N) is 2. The maximum Gasteiger partial charge on any atom is 0.249 e. The van der Waals surface area contributed by atoms with Gasteiger partial charge in [0, 0.05) is 25.7 Å². The summed E-state index contributed by atoms with van der Waals surface area (Å²) >= 11 is 0. The molecule has 5 nitrogen and oxygen atoms in total. The number of carbonyl (C=O) groups is 2. The molecule has 2 saturated heterocycles. The van der Waals surface area contributed by atoms with E-state index in [1.54, 1.807) is 11.9 Å². The highest BCUT2D eigenvalue weighted by atomic mass is 16.2. The Bertz CT molecular complexity index is 584. The number of rotatable bonds is 5. The minimum atomic E-state index is -0.325. The number of likely N-dealkylation sites (N-methyl/N-ethyl adjacent to an activating group) is 1. The molecule has 0 spiro atoms. The van der Waals surface area contributed by atoms with Gasteiger partial charge in [0.15, 0.2) is 0 Å². The van der Waals surface area contributed by atoms with Crippen molar-refractivity contribution in [3.8, 4) is 0 Å². The Kier molecular flexibility index (Phi) is 6.08. The van der Waals surface area contributed by atoms with E-state index in [9.17, 15) is 9.59 Å². The first-order chi connectivity index (χ1) is 12.2. The minimum absolute atomic E-state index is 0.0511. The number of amides is 2. The van der Waals surface area contributed by atoms with Crippen LogP contribution in [0.5, 0.6) is 0 Å². The van der Waals surface area contributed by atoms with E-state index in [1.807, 2.05) is 35.2 Å². The number of hydrogen-bond acceptors (Lipinski definition) is 3. The van der Waals surface area contributed by atoms with Gasteiger partial charge in [-0.15, -0.1) is 0 Å². The summed E-state index contributed by atoms with van der Waals surface area (Å²) in [6, 6.07) is 9.43. The summed E-state index contributed by atoms with van der Waals surface area (Å²) < 4.78 is 0. The molecule has 1 atom stereocenters. The molecule has 0 aromatic heterocycles. The number of hydrogen-bond donors (Lipinski definition) is 1. The number of piperidine rings is 2. The first-order valence-corrected chi connectivity index (χ1v) is 9.49. The van der Waals surface area contributed by atoms with Crippen LogP contribution >= 0.6 is 0 Å². The van der Waals surface area contributed by atoms with Crippen molar-refractivity contribution in [1.29, 1.82) is 0 Å². The fourth-order valence-corrected chi connectivity index (χ4v) is 3.93.